The van der Waals surface area contributed by atoms with Crippen molar-refractivity contribution in [1.29, 1.82) is 0 Å². The van der Waals surface area contributed by atoms with Crippen LogP contribution in [0, 0.1) is 10.8 Å². The highest BCUT2D eigenvalue weighted by atomic mass is 16.6. The predicted octanol–water partition coefficient (Wildman–Crippen LogP) is 2.84. The zero-order valence-corrected chi connectivity index (χ0v) is 28.2. The quantitative estimate of drug-likeness (QED) is 0.258. The van der Waals surface area contributed by atoms with Gasteiger partial charge in [0.25, 0.3) is 5.91 Å². The van der Waals surface area contributed by atoms with Crippen molar-refractivity contribution in [2.75, 3.05) is 13.1 Å². The highest BCUT2D eigenvalue weighted by Gasteiger charge is 2.48. The lowest BCUT2D eigenvalue weighted by molar-refractivity contribution is -0.144. The molecule has 12 nitrogen and oxygen atoms in total. The molecular weight excluding hydrogens is 578 g/mol. The largest absolute Gasteiger partial charge is 0.444 e. The smallest absolute Gasteiger partial charge is 0.408 e. The van der Waals surface area contributed by atoms with Crippen LogP contribution < -0.4 is 21.3 Å². The molecule has 0 saturated carbocycles. The number of likely N-dealkylation sites (tertiary alicyclic amines) is 1. The summed E-state index contributed by atoms with van der Waals surface area (Å²) in [6.07, 6.45) is 0.247. The van der Waals surface area contributed by atoms with E-state index in [-0.39, 0.29) is 19.5 Å². The van der Waals surface area contributed by atoms with Crippen molar-refractivity contribution in [2.24, 2.45) is 10.8 Å². The lowest BCUT2D eigenvalue weighted by atomic mass is 9.85. The molecule has 1 aliphatic heterocycles. The second-order valence-electron chi connectivity index (χ2n) is 14.5. The Morgan fingerprint density at radius 2 is 1.58 bits per heavy atom. The molecule has 3 atom stereocenters. The van der Waals surface area contributed by atoms with E-state index in [1.807, 2.05) is 51.1 Å². The van der Waals surface area contributed by atoms with Gasteiger partial charge in [0.1, 0.15) is 17.7 Å². The number of benzene rings is 1. The van der Waals surface area contributed by atoms with E-state index in [0.29, 0.717) is 12.8 Å². The molecule has 1 fully saturated rings. The van der Waals surface area contributed by atoms with E-state index >= 15 is 0 Å². The van der Waals surface area contributed by atoms with Crippen molar-refractivity contribution >= 4 is 35.5 Å². The standard InChI is InChI=1S/C33H51N5O7/c1-10-14-22(25(40)28(42)35-19-24(39)34-18-21-15-12-11-13-16-21)36-27(41)23-17-33(8,9)20-38(23)29(43)26(31(2,3)4)37-30(44)45-32(5,6)7/h11-13,15-16,22-23,26H,10,14,17-20H2,1-9H3,(H,34,39)(H,35,42)(H,36,41)(H,37,44). The average Bonchev–Trinajstić information content (AvgIpc) is 3.27. The molecule has 2 rings (SSSR count). The van der Waals surface area contributed by atoms with Crippen LogP contribution in [0.25, 0.3) is 0 Å². The Morgan fingerprint density at radius 3 is 2.13 bits per heavy atom. The van der Waals surface area contributed by atoms with E-state index in [1.54, 1.807) is 41.5 Å². The van der Waals surface area contributed by atoms with E-state index in [9.17, 15) is 28.8 Å². The van der Waals surface area contributed by atoms with Gasteiger partial charge in [-0.25, -0.2) is 4.79 Å². The number of nitrogens with zero attached hydrogens (tertiary/aromatic N) is 1. The van der Waals surface area contributed by atoms with Crippen molar-refractivity contribution in [1.82, 2.24) is 26.2 Å². The first-order valence-electron chi connectivity index (χ1n) is 15.5. The van der Waals surface area contributed by atoms with Crippen LogP contribution in [-0.2, 0) is 35.3 Å². The first-order valence-corrected chi connectivity index (χ1v) is 15.5. The summed E-state index contributed by atoms with van der Waals surface area (Å²) >= 11 is 0. The number of ether oxygens (including phenoxy) is 1. The number of carbonyl (C=O) groups is 6. The fraction of sp³-hybridized carbons (Fsp3) is 0.636. The Labute approximate surface area is 266 Å². The van der Waals surface area contributed by atoms with Gasteiger partial charge in [-0.1, -0.05) is 78.3 Å². The normalized spacial score (nSPS) is 17.4. The number of amides is 5. The Balaban J connectivity index is 2.12. The molecule has 5 amide bonds. The molecule has 1 heterocycles. The number of rotatable bonds is 12. The van der Waals surface area contributed by atoms with Crippen molar-refractivity contribution in [2.45, 2.75) is 112 Å². The van der Waals surface area contributed by atoms with Crippen molar-refractivity contribution in [3.63, 3.8) is 0 Å². The first kappa shape index (κ1) is 37.2. The van der Waals surface area contributed by atoms with Crippen LogP contribution in [0.3, 0.4) is 0 Å². The molecule has 250 valence electrons. The highest BCUT2D eigenvalue weighted by Crippen LogP contribution is 2.36. The van der Waals surface area contributed by atoms with Gasteiger partial charge in [0.05, 0.1) is 12.6 Å². The molecule has 0 radical (unpaired) electrons. The SMILES string of the molecule is CCCC(NC(=O)C1CC(C)(C)CN1C(=O)C(NC(=O)OC(C)(C)C)C(C)(C)C)C(=O)C(=O)NCC(=O)NCc1ccccc1. The summed E-state index contributed by atoms with van der Waals surface area (Å²) in [5.41, 5.74) is -1.03. The number of carbonyl (C=O) groups excluding carboxylic acids is 6. The minimum Gasteiger partial charge on any atom is -0.444 e. The molecule has 4 N–H and O–H groups in total. The van der Waals surface area contributed by atoms with Gasteiger partial charge in [-0.15, -0.1) is 0 Å². The number of hydrogen-bond donors (Lipinski definition) is 4. The van der Waals surface area contributed by atoms with Crippen molar-refractivity contribution < 1.29 is 33.5 Å². The summed E-state index contributed by atoms with van der Waals surface area (Å²) in [5, 5.41) is 10.4. The van der Waals surface area contributed by atoms with Gasteiger partial charge in [0, 0.05) is 13.1 Å². The molecule has 0 aromatic heterocycles. The zero-order valence-electron chi connectivity index (χ0n) is 28.2. The molecule has 1 saturated heterocycles. The van der Waals surface area contributed by atoms with Crippen LogP contribution in [0.4, 0.5) is 4.79 Å². The number of nitrogens with one attached hydrogen (secondary N) is 4. The van der Waals surface area contributed by atoms with E-state index in [1.165, 1.54) is 4.90 Å². The van der Waals surface area contributed by atoms with E-state index in [0.717, 1.165) is 5.56 Å². The highest BCUT2D eigenvalue weighted by molar-refractivity contribution is 6.38. The van der Waals surface area contributed by atoms with Crippen molar-refractivity contribution in [3.8, 4) is 0 Å². The Hall–Kier alpha value is -3.96. The summed E-state index contributed by atoms with van der Waals surface area (Å²) in [6, 6.07) is 6.17. The summed E-state index contributed by atoms with van der Waals surface area (Å²) in [5.74, 6) is -3.35. The molecule has 12 heteroatoms. The lowest BCUT2D eigenvalue weighted by Crippen LogP contribution is -2.59. The number of Topliss-reactive ketones (excluding diaryl/α,β-unsaturated/α-hetero) is 1. The second-order valence-corrected chi connectivity index (χ2v) is 14.5. The monoisotopic (exact) mass is 629 g/mol. The Kier molecular flexibility index (Phi) is 12.7. The first-order chi connectivity index (χ1) is 20.7. The number of ketones is 1. The fourth-order valence-electron chi connectivity index (χ4n) is 5.07. The minimum atomic E-state index is -1.14. The molecule has 0 bridgehead atoms. The second kappa shape index (κ2) is 15.4. The number of hydrogen-bond acceptors (Lipinski definition) is 7. The van der Waals surface area contributed by atoms with Crippen LogP contribution in [0.15, 0.2) is 30.3 Å². The molecule has 1 aliphatic rings. The molecule has 0 spiro atoms. The molecule has 3 unspecified atom stereocenters. The topological polar surface area (TPSA) is 163 Å². The maximum Gasteiger partial charge on any atom is 0.408 e. The third-order valence-electron chi connectivity index (χ3n) is 7.26. The average molecular weight is 630 g/mol. The maximum absolute atomic E-state index is 13.9. The third-order valence-corrected chi connectivity index (χ3v) is 7.26. The summed E-state index contributed by atoms with van der Waals surface area (Å²) < 4.78 is 5.39. The van der Waals surface area contributed by atoms with Gasteiger partial charge < -0.3 is 30.9 Å². The summed E-state index contributed by atoms with van der Waals surface area (Å²) in [4.78, 5) is 79.7. The van der Waals surface area contributed by atoms with Crippen LogP contribution in [0.1, 0.15) is 87.1 Å². The van der Waals surface area contributed by atoms with E-state index in [2.05, 4.69) is 21.3 Å². The van der Waals surface area contributed by atoms with Gasteiger partial charge in [-0.05, 0) is 50.0 Å². The van der Waals surface area contributed by atoms with Gasteiger partial charge in [-0.2, -0.15) is 0 Å². The van der Waals surface area contributed by atoms with Crippen LogP contribution in [0.2, 0.25) is 0 Å². The molecule has 1 aromatic rings. The maximum atomic E-state index is 13.9. The lowest BCUT2D eigenvalue weighted by Gasteiger charge is -2.36. The third kappa shape index (κ3) is 11.8. The molecule has 45 heavy (non-hydrogen) atoms. The predicted molar refractivity (Wildman–Crippen MR) is 170 cm³/mol. The molecule has 0 aliphatic carbocycles. The summed E-state index contributed by atoms with van der Waals surface area (Å²) in [7, 11) is 0. The molecular formula is C33H51N5O7. The van der Waals surface area contributed by atoms with Crippen LogP contribution in [-0.4, -0.2) is 77.2 Å². The Morgan fingerprint density at radius 1 is 0.956 bits per heavy atom. The van der Waals surface area contributed by atoms with Crippen molar-refractivity contribution in [3.05, 3.63) is 35.9 Å². The minimum absolute atomic E-state index is 0.188. The Bertz CT molecular complexity index is 1230. The zero-order chi connectivity index (χ0) is 34.2. The van der Waals surface area contributed by atoms with Crippen LogP contribution in [0.5, 0.6) is 0 Å². The van der Waals surface area contributed by atoms with Gasteiger partial charge >= 0.3 is 6.09 Å². The van der Waals surface area contributed by atoms with Gasteiger partial charge in [0.15, 0.2) is 0 Å². The number of alkyl carbamates (subject to hydrolysis) is 1. The van der Waals surface area contributed by atoms with Gasteiger partial charge in [-0.3, -0.25) is 24.0 Å². The fourth-order valence-corrected chi connectivity index (χ4v) is 5.07. The van der Waals surface area contributed by atoms with E-state index < -0.39 is 76.6 Å². The van der Waals surface area contributed by atoms with E-state index in [4.69, 9.17) is 4.74 Å². The van der Waals surface area contributed by atoms with Crippen LogP contribution >= 0.6 is 0 Å². The molecule has 1 aromatic carbocycles. The van der Waals surface area contributed by atoms with Gasteiger partial charge in [0.2, 0.25) is 23.5 Å². The summed E-state index contributed by atoms with van der Waals surface area (Å²) in [6.45, 7) is 16.4.